The first-order chi connectivity index (χ1) is 14.2. The van der Waals surface area contributed by atoms with Gasteiger partial charge in [-0.05, 0) is 78.6 Å². The monoisotopic (exact) mass is 392 g/mol. The van der Waals surface area contributed by atoms with Gasteiger partial charge in [0.25, 0.3) is 11.8 Å². The van der Waals surface area contributed by atoms with Gasteiger partial charge >= 0.3 is 0 Å². The van der Waals surface area contributed by atoms with Crippen molar-refractivity contribution in [2.24, 2.45) is 0 Å². The third kappa shape index (κ3) is 3.66. The number of carbonyl (C=O) groups excluding carboxylic acids is 2. The van der Waals surface area contributed by atoms with E-state index < -0.39 is 0 Å². The minimum absolute atomic E-state index is 0.0721. The highest BCUT2D eigenvalue weighted by Crippen LogP contribution is 2.39. The first-order valence-electron chi connectivity index (χ1n) is 10.3. The molecule has 150 valence electrons. The lowest BCUT2D eigenvalue weighted by atomic mass is 10.0. The molecule has 1 aliphatic carbocycles. The molecule has 2 heterocycles. The normalized spacial score (nSPS) is 22.2. The average Bonchev–Trinajstić information content (AvgIpc) is 3.47. The Labute approximate surface area is 169 Å². The molecule has 2 atom stereocenters. The molecule has 2 N–H and O–H groups in total. The van der Waals surface area contributed by atoms with Crippen LogP contribution in [0.3, 0.4) is 0 Å². The number of hydrogen-bond donors (Lipinski definition) is 2. The van der Waals surface area contributed by atoms with Crippen LogP contribution in [0.4, 0.5) is 11.4 Å². The van der Waals surface area contributed by atoms with Gasteiger partial charge in [0.15, 0.2) is 0 Å². The third-order valence-electron chi connectivity index (χ3n) is 5.86. The van der Waals surface area contributed by atoms with Crippen LogP contribution in [0, 0.1) is 0 Å². The van der Waals surface area contributed by atoms with Crippen LogP contribution >= 0.6 is 0 Å². The Bertz CT molecular complexity index is 882. The van der Waals surface area contributed by atoms with E-state index in [-0.39, 0.29) is 24.0 Å². The minimum atomic E-state index is -0.338. The summed E-state index contributed by atoms with van der Waals surface area (Å²) in [5.41, 5.74) is 6.28. The summed E-state index contributed by atoms with van der Waals surface area (Å²) in [7, 11) is 0. The summed E-state index contributed by atoms with van der Waals surface area (Å²) in [5, 5.41) is 5.95. The zero-order chi connectivity index (χ0) is 19.8. The van der Waals surface area contributed by atoms with Crippen molar-refractivity contribution in [2.75, 3.05) is 23.8 Å². The molecule has 2 fully saturated rings. The van der Waals surface area contributed by atoms with E-state index in [1.807, 2.05) is 24.3 Å². The van der Waals surface area contributed by atoms with Gasteiger partial charge in [0, 0.05) is 24.6 Å². The summed E-state index contributed by atoms with van der Waals surface area (Å²) in [5.74, 6) is -0.144. The SMILES string of the molecule is O=C(Nc1ccc2c(c1)Cc1cc(NC(=O)[C@H]3CCCO3)ccc1-2)[C@@H]1CCCO1. The van der Waals surface area contributed by atoms with Crippen molar-refractivity contribution in [3.63, 3.8) is 0 Å². The van der Waals surface area contributed by atoms with Gasteiger partial charge in [-0.15, -0.1) is 0 Å². The topological polar surface area (TPSA) is 76.7 Å². The number of benzene rings is 2. The van der Waals surface area contributed by atoms with E-state index in [9.17, 15) is 9.59 Å². The second-order valence-corrected chi connectivity index (χ2v) is 7.90. The van der Waals surface area contributed by atoms with E-state index in [0.29, 0.717) is 13.2 Å². The number of hydrogen-bond acceptors (Lipinski definition) is 4. The van der Waals surface area contributed by atoms with Crippen LogP contribution in [0.1, 0.15) is 36.8 Å². The van der Waals surface area contributed by atoms with Gasteiger partial charge in [0.05, 0.1) is 0 Å². The van der Waals surface area contributed by atoms with E-state index >= 15 is 0 Å². The zero-order valence-electron chi connectivity index (χ0n) is 16.2. The summed E-state index contributed by atoms with van der Waals surface area (Å²) < 4.78 is 10.9. The van der Waals surface area contributed by atoms with E-state index in [2.05, 4.69) is 22.8 Å². The van der Waals surface area contributed by atoms with Crippen molar-refractivity contribution in [1.29, 1.82) is 0 Å². The van der Waals surface area contributed by atoms with E-state index in [1.54, 1.807) is 0 Å². The Kier molecular flexibility index (Phi) is 4.81. The summed E-state index contributed by atoms with van der Waals surface area (Å²) in [6, 6.07) is 12.1. The summed E-state index contributed by atoms with van der Waals surface area (Å²) in [4.78, 5) is 24.6. The van der Waals surface area contributed by atoms with Gasteiger partial charge in [0.1, 0.15) is 12.2 Å². The molecule has 6 nitrogen and oxygen atoms in total. The molecular weight excluding hydrogens is 368 g/mol. The molecule has 2 aromatic rings. The van der Waals surface area contributed by atoms with Crippen molar-refractivity contribution in [3.8, 4) is 11.1 Å². The Morgan fingerprint density at radius 1 is 0.759 bits per heavy atom. The highest BCUT2D eigenvalue weighted by Gasteiger charge is 2.26. The van der Waals surface area contributed by atoms with Gasteiger partial charge in [-0.25, -0.2) is 0 Å². The molecule has 3 aliphatic rings. The maximum absolute atomic E-state index is 12.3. The summed E-state index contributed by atoms with van der Waals surface area (Å²) >= 11 is 0. The van der Waals surface area contributed by atoms with Crippen molar-refractivity contribution < 1.29 is 19.1 Å². The van der Waals surface area contributed by atoms with Crippen LogP contribution in [-0.2, 0) is 25.5 Å². The predicted molar refractivity (Wildman–Crippen MR) is 110 cm³/mol. The molecule has 0 aromatic heterocycles. The maximum Gasteiger partial charge on any atom is 0.253 e. The molecule has 29 heavy (non-hydrogen) atoms. The van der Waals surface area contributed by atoms with Gasteiger partial charge < -0.3 is 20.1 Å². The molecule has 0 unspecified atom stereocenters. The lowest BCUT2D eigenvalue weighted by Gasteiger charge is -2.12. The number of anilines is 2. The van der Waals surface area contributed by atoms with Crippen molar-refractivity contribution in [1.82, 2.24) is 0 Å². The first kappa shape index (κ1) is 18.3. The molecule has 0 bridgehead atoms. The van der Waals surface area contributed by atoms with Crippen LogP contribution in [0.2, 0.25) is 0 Å². The Balaban J connectivity index is 1.29. The Hall–Kier alpha value is -2.70. The lowest BCUT2D eigenvalue weighted by Crippen LogP contribution is -2.26. The van der Waals surface area contributed by atoms with Crippen molar-refractivity contribution >= 4 is 23.2 Å². The standard InChI is InChI=1S/C23H24N2O4/c26-22(20-3-1-9-28-20)24-16-5-7-18-14(12-16)11-15-13-17(6-8-19(15)18)25-23(27)21-4-2-10-29-21/h5-8,12-13,20-21H,1-4,9-11H2,(H,24,26)(H,25,27)/t20-,21+. The molecule has 6 heteroatoms. The fourth-order valence-corrected chi connectivity index (χ4v) is 4.38. The summed E-state index contributed by atoms with van der Waals surface area (Å²) in [6.45, 7) is 1.31. The molecule has 0 saturated carbocycles. The van der Waals surface area contributed by atoms with Gasteiger partial charge in [-0.1, -0.05) is 12.1 Å². The van der Waals surface area contributed by atoms with Gasteiger partial charge in [-0.3, -0.25) is 9.59 Å². The van der Waals surface area contributed by atoms with Crippen molar-refractivity contribution in [2.45, 2.75) is 44.3 Å². The van der Waals surface area contributed by atoms with Crippen LogP contribution in [0.25, 0.3) is 11.1 Å². The molecule has 2 amide bonds. The van der Waals surface area contributed by atoms with Crippen LogP contribution in [-0.4, -0.2) is 37.2 Å². The minimum Gasteiger partial charge on any atom is -0.368 e. The van der Waals surface area contributed by atoms with Gasteiger partial charge in [-0.2, -0.15) is 0 Å². The number of ether oxygens (including phenoxy) is 2. The molecule has 2 aromatic carbocycles. The molecule has 0 radical (unpaired) electrons. The molecule has 2 aliphatic heterocycles. The predicted octanol–water partition coefficient (Wildman–Crippen LogP) is 3.49. The van der Waals surface area contributed by atoms with Crippen molar-refractivity contribution in [3.05, 3.63) is 47.5 Å². The van der Waals surface area contributed by atoms with E-state index in [0.717, 1.165) is 43.5 Å². The van der Waals surface area contributed by atoms with Gasteiger partial charge in [0.2, 0.25) is 0 Å². The number of amides is 2. The highest BCUT2D eigenvalue weighted by atomic mass is 16.5. The third-order valence-corrected chi connectivity index (χ3v) is 5.86. The fraction of sp³-hybridized carbons (Fsp3) is 0.391. The second kappa shape index (κ2) is 7.61. The molecule has 0 spiro atoms. The smallest absolute Gasteiger partial charge is 0.253 e. The first-order valence-corrected chi connectivity index (χ1v) is 10.3. The molecule has 2 saturated heterocycles. The Morgan fingerprint density at radius 2 is 1.24 bits per heavy atom. The molecular formula is C23H24N2O4. The zero-order valence-corrected chi connectivity index (χ0v) is 16.2. The van der Waals surface area contributed by atoms with Crippen LogP contribution in [0.5, 0.6) is 0 Å². The number of carbonyl (C=O) groups is 2. The lowest BCUT2D eigenvalue weighted by molar-refractivity contribution is -0.125. The average molecular weight is 392 g/mol. The molecule has 5 rings (SSSR count). The van der Waals surface area contributed by atoms with E-state index in [4.69, 9.17) is 9.47 Å². The van der Waals surface area contributed by atoms with E-state index in [1.165, 1.54) is 22.3 Å². The number of fused-ring (bicyclic) bond motifs is 3. The van der Waals surface area contributed by atoms with Crippen LogP contribution < -0.4 is 10.6 Å². The largest absolute Gasteiger partial charge is 0.368 e. The highest BCUT2D eigenvalue weighted by molar-refractivity contribution is 5.96. The number of rotatable bonds is 4. The Morgan fingerprint density at radius 3 is 1.66 bits per heavy atom. The quantitative estimate of drug-likeness (QED) is 0.713. The number of nitrogens with one attached hydrogen (secondary N) is 2. The second-order valence-electron chi connectivity index (χ2n) is 7.90. The maximum atomic E-state index is 12.3. The summed E-state index contributed by atoms with van der Waals surface area (Å²) in [6.07, 6.45) is 3.53. The fourth-order valence-electron chi connectivity index (χ4n) is 4.38. The van der Waals surface area contributed by atoms with Crippen LogP contribution in [0.15, 0.2) is 36.4 Å².